The Balaban J connectivity index is 1.36. The quantitative estimate of drug-likeness (QED) is 0.226. The summed E-state index contributed by atoms with van der Waals surface area (Å²) in [4.78, 5) is 57.8. The van der Waals surface area contributed by atoms with Gasteiger partial charge in [-0.1, -0.05) is 49.3 Å². The number of carbonyl (C=O) groups excluding carboxylic acids is 3. The summed E-state index contributed by atoms with van der Waals surface area (Å²) in [6.45, 7) is 6.71. The van der Waals surface area contributed by atoms with Crippen molar-refractivity contribution in [2.75, 3.05) is 26.7 Å². The zero-order valence-corrected chi connectivity index (χ0v) is 26.8. The number of ketones is 1. The van der Waals surface area contributed by atoms with Crippen LogP contribution in [0.15, 0.2) is 53.1 Å². The van der Waals surface area contributed by atoms with Gasteiger partial charge in [0.05, 0.1) is 32.5 Å². The Morgan fingerprint density at radius 1 is 1.07 bits per heavy atom. The van der Waals surface area contributed by atoms with Crippen molar-refractivity contribution in [2.24, 2.45) is 11.8 Å². The SMILES string of the molecule is COc1ccc(-c2nc(C)no2)cc1CC(=O)N[C@H](C(=O)N[C@@H](CC(=O)O)C(=O)CN1CCC(Cc2ccccc2)CC1)C(C)C. The van der Waals surface area contributed by atoms with E-state index in [9.17, 15) is 24.3 Å². The van der Waals surface area contributed by atoms with Crippen LogP contribution < -0.4 is 15.4 Å². The third-order valence-electron chi connectivity index (χ3n) is 8.21. The van der Waals surface area contributed by atoms with Crippen LogP contribution in [0.5, 0.6) is 5.75 Å². The molecule has 0 radical (unpaired) electrons. The van der Waals surface area contributed by atoms with Crippen LogP contribution in [0.4, 0.5) is 0 Å². The first kappa shape index (κ1) is 34.3. The first-order valence-electron chi connectivity index (χ1n) is 15.6. The molecule has 3 N–H and O–H groups in total. The molecule has 246 valence electrons. The summed E-state index contributed by atoms with van der Waals surface area (Å²) in [6.07, 6.45) is 2.19. The van der Waals surface area contributed by atoms with Crippen molar-refractivity contribution in [1.29, 1.82) is 0 Å². The number of carboxylic acid groups (broad SMARTS) is 1. The molecular formula is C34H43N5O7. The van der Waals surface area contributed by atoms with Crippen molar-refractivity contribution in [3.8, 4) is 17.2 Å². The largest absolute Gasteiger partial charge is 0.496 e. The summed E-state index contributed by atoms with van der Waals surface area (Å²) >= 11 is 0. The zero-order chi connectivity index (χ0) is 33.2. The van der Waals surface area contributed by atoms with E-state index in [4.69, 9.17) is 9.26 Å². The smallest absolute Gasteiger partial charge is 0.305 e. The number of hydrogen-bond acceptors (Lipinski definition) is 9. The van der Waals surface area contributed by atoms with Crippen molar-refractivity contribution in [1.82, 2.24) is 25.7 Å². The van der Waals surface area contributed by atoms with Gasteiger partial charge < -0.3 is 25.0 Å². The molecule has 0 aliphatic carbocycles. The van der Waals surface area contributed by atoms with Crippen LogP contribution in [-0.4, -0.2) is 82.5 Å². The molecule has 0 spiro atoms. The van der Waals surface area contributed by atoms with E-state index in [0.29, 0.717) is 34.5 Å². The van der Waals surface area contributed by atoms with Gasteiger partial charge in [-0.25, -0.2) is 0 Å². The molecule has 2 atom stereocenters. The minimum Gasteiger partial charge on any atom is -0.496 e. The predicted molar refractivity (Wildman–Crippen MR) is 170 cm³/mol. The van der Waals surface area contributed by atoms with Crippen molar-refractivity contribution >= 4 is 23.6 Å². The number of Topliss-reactive ketones (excluding diaryl/α,β-unsaturated/α-hetero) is 1. The molecule has 2 amide bonds. The fraction of sp³-hybridized carbons (Fsp3) is 0.471. The average Bonchev–Trinajstić information content (AvgIpc) is 3.46. The van der Waals surface area contributed by atoms with E-state index in [1.54, 1.807) is 39.0 Å². The molecule has 1 aliphatic heterocycles. The van der Waals surface area contributed by atoms with Crippen molar-refractivity contribution < 1.29 is 33.5 Å². The second-order valence-corrected chi connectivity index (χ2v) is 12.2. The highest BCUT2D eigenvalue weighted by atomic mass is 16.5. The summed E-state index contributed by atoms with van der Waals surface area (Å²) < 4.78 is 10.7. The lowest BCUT2D eigenvalue weighted by Crippen LogP contribution is -2.55. The number of nitrogens with zero attached hydrogens (tertiary/aromatic N) is 3. The Bertz CT molecular complexity index is 1500. The number of hydrogen-bond donors (Lipinski definition) is 3. The lowest BCUT2D eigenvalue weighted by atomic mass is 9.90. The molecule has 2 aromatic carbocycles. The van der Waals surface area contributed by atoms with E-state index in [0.717, 1.165) is 32.4 Å². The highest BCUT2D eigenvalue weighted by Gasteiger charge is 2.32. The van der Waals surface area contributed by atoms with Crippen LogP contribution in [0, 0.1) is 18.8 Å². The summed E-state index contributed by atoms with van der Waals surface area (Å²) in [7, 11) is 1.49. The number of aliphatic carboxylic acids is 1. The van der Waals surface area contributed by atoms with E-state index in [-0.39, 0.29) is 24.7 Å². The standard InChI is InChI=1S/C34H43N5O7/c1-21(2)32(37-30(41)18-26-17-25(10-11-29(26)45-4)34-35-22(3)38-46-34)33(44)36-27(19-31(42)43)28(40)20-39-14-12-24(13-15-39)16-23-8-6-5-7-9-23/h5-11,17,21,24,27,32H,12-16,18-20H2,1-4H3,(H,36,44)(H,37,41)(H,42,43)/t27-,32-/m0/s1. The predicted octanol–water partition coefficient (Wildman–Crippen LogP) is 3.22. The molecule has 4 rings (SSSR count). The van der Waals surface area contributed by atoms with E-state index >= 15 is 0 Å². The maximum absolute atomic E-state index is 13.4. The molecule has 1 fully saturated rings. The Morgan fingerprint density at radius 3 is 2.39 bits per heavy atom. The van der Waals surface area contributed by atoms with Gasteiger partial charge >= 0.3 is 5.97 Å². The molecule has 0 bridgehead atoms. The summed E-state index contributed by atoms with van der Waals surface area (Å²) in [5, 5.41) is 18.7. The monoisotopic (exact) mass is 633 g/mol. The summed E-state index contributed by atoms with van der Waals surface area (Å²) in [5.74, 6) is -1.23. The third-order valence-corrected chi connectivity index (χ3v) is 8.21. The highest BCUT2D eigenvalue weighted by molar-refractivity contribution is 5.95. The number of amides is 2. The van der Waals surface area contributed by atoms with E-state index in [1.165, 1.54) is 12.7 Å². The second kappa shape index (κ2) is 16.1. The molecule has 0 unspecified atom stereocenters. The molecule has 1 aromatic heterocycles. The van der Waals surface area contributed by atoms with Crippen LogP contribution in [0.25, 0.3) is 11.5 Å². The van der Waals surface area contributed by atoms with E-state index < -0.39 is 36.3 Å². The third kappa shape index (κ3) is 9.71. The topological polar surface area (TPSA) is 164 Å². The molecular weight excluding hydrogens is 590 g/mol. The van der Waals surface area contributed by atoms with Crippen LogP contribution in [0.3, 0.4) is 0 Å². The fourth-order valence-corrected chi connectivity index (χ4v) is 5.70. The first-order chi connectivity index (χ1) is 22.0. The minimum atomic E-state index is -1.22. The normalized spacial score (nSPS) is 15.2. The van der Waals surface area contributed by atoms with Crippen LogP contribution in [0.2, 0.25) is 0 Å². The van der Waals surface area contributed by atoms with Crippen LogP contribution >= 0.6 is 0 Å². The molecule has 3 aromatic rings. The summed E-state index contributed by atoms with van der Waals surface area (Å²) in [5.41, 5.74) is 2.44. The Labute approximate surface area is 268 Å². The van der Waals surface area contributed by atoms with Gasteiger partial charge in [-0.15, -0.1) is 0 Å². The molecule has 2 heterocycles. The number of carboxylic acids is 1. The van der Waals surface area contributed by atoms with Gasteiger partial charge in [-0.3, -0.25) is 24.1 Å². The number of nitrogens with one attached hydrogen (secondary N) is 2. The number of carbonyl (C=O) groups is 4. The highest BCUT2D eigenvalue weighted by Crippen LogP contribution is 2.26. The summed E-state index contributed by atoms with van der Waals surface area (Å²) in [6, 6.07) is 13.2. The lowest BCUT2D eigenvalue weighted by molar-refractivity contribution is -0.141. The number of rotatable bonds is 15. The maximum Gasteiger partial charge on any atom is 0.305 e. The van der Waals surface area contributed by atoms with Gasteiger partial charge in [0, 0.05) is 11.1 Å². The first-order valence-corrected chi connectivity index (χ1v) is 15.6. The number of benzene rings is 2. The van der Waals surface area contributed by atoms with Crippen LogP contribution in [0.1, 0.15) is 50.1 Å². The number of ether oxygens (including phenoxy) is 1. The maximum atomic E-state index is 13.4. The van der Waals surface area contributed by atoms with Crippen LogP contribution in [-0.2, 0) is 32.0 Å². The Morgan fingerprint density at radius 2 is 1.78 bits per heavy atom. The van der Waals surface area contributed by atoms with Gasteiger partial charge in [-0.05, 0) is 74.9 Å². The van der Waals surface area contributed by atoms with Gasteiger partial charge in [-0.2, -0.15) is 4.98 Å². The molecule has 12 heteroatoms. The van der Waals surface area contributed by atoms with Gasteiger partial charge in [0.1, 0.15) is 11.8 Å². The molecule has 0 saturated carbocycles. The number of aromatic nitrogens is 2. The molecule has 46 heavy (non-hydrogen) atoms. The number of piperidine rings is 1. The lowest BCUT2D eigenvalue weighted by Gasteiger charge is -2.32. The number of methoxy groups -OCH3 is 1. The van der Waals surface area contributed by atoms with Gasteiger partial charge in [0.15, 0.2) is 11.6 Å². The Hall–Kier alpha value is -4.58. The van der Waals surface area contributed by atoms with E-state index in [2.05, 4.69) is 32.9 Å². The average molecular weight is 634 g/mol. The zero-order valence-electron chi connectivity index (χ0n) is 26.8. The van der Waals surface area contributed by atoms with Gasteiger partial charge in [0.25, 0.3) is 5.89 Å². The molecule has 12 nitrogen and oxygen atoms in total. The van der Waals surface area contributed by atoms with Crippen molar-refractivity contribution in [2.45, 2.75) is 65.0 Å². The number of likely N-dealkylation sites (tertiary alicyclic amines) is 1. The molecule has 1 aliphatic rings. The van der Waals surface area contributed by atoms with E-state index in [1.807, 2.05) is 23.1 Å². The van der Waals surface area contributed by atoms with Gasteiger partial charge in [0.2, 0.25) is 11.8 Å². The van der Waals surface area contributed by atoms with Crippen molar-refractivity contribution in [3.63, 3.8) is 0 Å². The van der Waals surface area contributed by atoms with Crippen molar-refractivity contribution in [3.05, 3.63) is 65.5 Å². The minimum absolute atomic E-state index is 0.0463. The molecule has 1 saturated heterocycles. The Kier molecular flexibility index (Phi) is 12.0. The second-order valence-electron chi connectivity index (χ2n) is 12.2. The fourth-order valence-electron chi connectivity index (χ4n) is 5.70. The number of aryl methyl sites for hydroxylation is 1.